The molecular formula is C16H20N2O. The molecule has 0 radical (unpaired) electrons. The molecule has 1 aliphatic heterocycles. The summed E-state index contributed by atoms with van der Waals surface area (Å²) in [5, 5.41) is 8.98. The van der Waals surface area contributed by atoms with Gasteiger partial charge in [-0.1, -0.05) is 12.1 Å². The number of hydrogen-bond donors (Lipinski definition) is 0. The van der Waals surface area contributed by atoms with Crippen LogP contribution in [0.3, 0.4) is 0 Å². The second-order valence-electron chi connectivity index (χ2n) is 5.64. The van der Waals surface area contributed by atoms with Crippen LogP contribution in [0.2, 0.25) is 0 Å². The lowest BCUT2D eigenvalue weighted by atomic mass is 10.1. The van der Waals surface area contributed by atoms with E-state index in [0.29, 0.717) is 17.9 Å². The molecule has 0 spiro atoms. The number of hydrogen-bond acceptors (Lipinski definition) is 3. The van der Waals surface area contributed by atoms with Crippen molar-refractivity contribution in [3.05, 3.63) is 29.8 Å². The van der Waals surface area contributed by atoms with E-state index < -0.39 is 0 Å². The third-order valence-electron chi connectivity index (χ3n) is 4.38. The smallest absolute Gasteiger partial charge is 0.137 e. The molecule has 100 valence electrons. The topological polar surface area (TPSA) is 36.3 Å². The highest BCUT2D eigenvalue weighted by Crippen LogP contribution is 2.37. The van der Waals surface area contributed by atoms with Crippen molar-refractivity contribution in [1.29, 1.82) is 5.26 Å². The molecule has 1 aliphatic carbocycles. The Bertz CT molecular complexity index is 480. The summed E-state index contributed by atoms with van der Waals surface area (Å²) in [4.78, 5) is 2.62. The minimum atomic E-state index is 0.628. The molecule has 2 unspecified atom stereocenters. The summed E-state index contributed by atoms with van der Waals surface area (Å²) in [5.74, 6) is 1.68. The number of piperidine rings is 1. The van der Waals surface area contributed by atoms with E-state index in [1.54, 1.807) is 6.07 Å². The maximum Gasteiger partial charge on any atom is 0.137 e. The summed E-state index contributed by atoms with van der Waals surface area (Å²) in [6, 6.07) is 10.5. The van der Waals surface area contributed by atoms with Gasteiger partial charge in [0.2, 0.25) is 0 Å². The van der Waals surface area contributed by atoms with Gasteiger partial charge in [0.1, 0.15) is 11.8 Å². The van der Waals surface area contributed by atoms with Crippen molar-refractivity contribution >= 4 is 0 Å². The van der Waals surface area contributed by atoms with Crippen LogP contribution < -0.4 is 4.74 Å². The van der Waals surface area contributed by atoms with Gasteiger partial charge in [0.05, 0.1) is 12.2 Å². The number of likely N-dealkylation sites (tertiary alicyclic amines) is 1. The van der Waals surface area contributed by atoms with Crippen molar-refractivity contribution < 1.29 is 4.74 Å². The maximum atomic E-state index is 8.98. The zero-order valence-electron chi connectivity index (χ0n) is 11.2. The summed E-state index contributed by atoms with van der Waals surface area (Å²) in [6.45, 7) is 3.13. The van der Waals surface area contributed by atoms with Gasteiger partial charge in [-0.15, -0.1) is 0 Å². The number of rotatable bonds is 5. The van der Waals surface area contributed by atoms with Gasteiger partial charge in [0.15, 0.2) is 0 Å². The van der Waals surface area contributed by atoms with Crippen molar-refractivity contribution in [2.45, 2.75) is 31.7 Å². The van der Waals surface area contributed by atoms with Gasteiger partial charge < -0.3 is 4.74 Å². The molecule has 1 saturated heterocycles. The Morgan fingerprint density at radius 2 is 2.21 bits per heavy atom. The van der Waals surface area contributed by atoms with Gasteiger partial charge in [0, 0.05) is 19.1 Å². The molecule has 2 bridgehead atoms. The molecule has 1 saturated carbocycles. The molecule has 2 fully saturated rings. The minimum absolute atomic E-state index is 0.628. The fraction of sp³-hybridized carbons (Fsp3) is 0.562. The van der Waals surface area contributed by atoms with Gasteiger partial charge in [-0.2, -0.15) is 5.26 Å². The third kappa shape index (κ3) is 2.74. The Kier molecular flexibility index (Phi) is 3.70. The predicted octanol–water partition coefficient (Wildman–Crippen LogP) is 2.81. The van der Waals surface area contributed by atoms with Crippen molar-refractivity contribution in [2.75, 3.05) is 19.7 Å². The monoisotopic (exact) mass is 256 g/mol. The molecule has 3 heteroatoms. The number of benzene rings is 1. The first-order chi connectivity index (χ1) is 9.36. The SMILES string of the molecule is N#Cc1ccccc1OCCCN1CC2CCC1C2. The fourth-order valence-electron chi connectivity index (χ4n) is 3.44. The standard InChI is InChI=1S/C16H20N2O/c17-11-14-4-1-2-5-16(14)19-9-3-8-18-12-13-6-7-15(18)10-13/h1-2,4-5,13,15H,3,6-10,12H2. The Morgan fingerprint density at radius 3 is 2.95 bits per heavy atom. The van der Waals surface area contributed by atoms with Gasteiger partial charge >= 0.3 is 0 Å². The highest BCUT2D eigenvalue weighted by molar-refractivity contribution is 5.42. The zero-order valence-corrected chi connectivity index (χ0v) is 11.2. The van der Waals surface area contributed by atoms with Gasteiger partial charge in [0.25, 0.3) is 0 Å². The normalized spacial score (nSPS) is 25.4. The third-order valence-corrected chi connectivity index (χ3v) is 4.38. The first-order valence-electron chi connectivity index (χ1n) is 7.23. The summed E-state index contributed by atoms with van der Waals surface area (Å²) >= 11 is 0. The van der Waals surface area contributed by atoms with Crippen LogP contribution in [0.4, 0.5) is 0 Å². The summed E-state index contributed by atoms with van der Waals surface area (Å²) in [6.07, 6.45) is 5.29. The number of nitrogens with zero attached hydrogens (tertiary/aromatic N) is 2. The van der Waals surface area contributed by atoms with Crippen LogP contribution in [0.25, 0.3) is 0 Å². The minimum Gasteiger partial charge on any atom is -0.492 e. The summed E-state index contributed by atoms with van der Waals surface area (Å²) in [7, 11) is 0. The van der Waals surface area contributed by atoms with Crippen LogP contribution in [0.1, 0.15) is 31.2 Å². The highest BCUT2D eigenvalue weighted by atomic mass is 16.5. The Labute approximate surface area is 114 Å². The molecule has 1 aromatic carbocycles. The van der Waals surface area contributed by atoms with Crippen molar-refractivity contribution in [3.63, 3.8) is 0 Å². The Hall–Kier alpha value is -1.53. The van der Waals surface area contributed by atoms with Crippen molar-refractivity contribution in [3.8, 4) is 11.8 Å². The van der Waals surface area contributed by atoms with E-state index >= 15 is 0 Å². The molecular weight excluding hydrogens is 236 g/mol. The number of nitriles is 1. The van der Waals surface area contributed by atoms with E-state index in [1.165, 1.54) is 25.8 Å². The zero-order chi connectivity index (χ0) is 13.1. The maximum absolute atomic E-state index is 8.98. The Balaban J connectivity index is 1.43. The first kappa shape index (κ1) is 12.5. The lowest BCUT2D eigenvalue weighted by Gasteiger charge is -2.26. The number of ether oxygens (including phenoxy) is 1. The van der Waals surface area contributed by atoms with Crippen molar-refractivity contribution in [2.24, 2.45) is 5.92 Å². The van der Waals surface area contributed by atoms with E-state index in [1.807, 2.05) is 18.2 Å². The molecule has 19 heavy (non-hydrogen) atoms. The number of fused-ring (bicyclic) bond motifs is 2. The van der Waals surface area contributed by atoms with Crippen LogP contribution in [0.5, 0.6) is 5.75 Å². The van der Waals surface area contributed by atoms with E-state index in [9.17, 15) is 0 Å². The molecule has 2 aliphatic rings. The van der Waals surface area contributed by atoms with Gasteiger partial charge in [-0.25, -0.2) is 0 Å². The van der Waals surface area contributed by atoms with E-state index in [0.717, 1.165) is 24.9 Å². The van der Waals surface area contributed by atoms with E-state index in [-0.39, 0.29) is 0 Å². The molecule has 2 atom stereocenters. The van der Waals surface area contributed by atoms with Crippen LogP contribution in [0, 0.1) is 17.2 Å². The Morgan fingerprint density at radius 1 is 1.32 bits per heavy atom. The molecule has 0 N–H and O–H groups in total. The fourth-order valence-corrected chi connectivity index (χ4v) is 3.44. The summed E-state index contributed by atoms with van der Waals surface area (Å²) in [5.41, 5.74) is 0.628. The molecule has 1 heterocycles. The molecule has 3 nitrogen and oxygen atoms in total. The van der Waals surface area contributed by atoms with Gasteiger partial charge in [-0.05, 0) is 43.7 Å². The largest absolute Gasteiger partial charge is 0.492 e. The van der Waals surface area contributed by atoms with Gasteiger partial charge in [-0.3, -0.25) is 4.90 Å². The predicted molar refractivity (Wildman–Crippen MR) is 74.0 cm³/mol. The average molecular weight is 256 g/mol. The van der Waals surface area contributed by atoms with Crippen LogP contribution in [-0.4, -0.2) is 30.6 Å². The van der Waals surface area contributed by atoms with Crippen LogP contribution in [0.15, 0.2) is 24.3 Å². The molecule has 3 rings (SSSR count). The molecule has 0 aromatic heterocycles. The second kappa shape index (κ2) is 5.63. The molecule has 1 aromatic rings. The highest BCUT2D eigenvalue weighted by Gasteiger charge is 2.36. The van der Waals surface area contributed by atoms with Crippen LogP contribution >= 0.6 is 0 Å². The van der Waals surface area contributed by atoms with Crippen LogP contribution in [-0.2, 0) is 0 Å². The second-order valence-corrected chi connectivity index (χ2v) is 5.64. The summed E-state index contributed by atoms with van der Waals surface area (Å²) < 4.78 is 5.72. The van der Waals surface area contributed by atoms with E-state index in [2.05, 4.69) is 11.0 Å². The first-order valence-corrected chi connectivity index (χ1v) is 7.23. The lowest BCUT2D eigenvalue weighted by Crippen LogP contribution is -2.33. The average Bonchev–Trinajstić information content (AvgIpc) is 3.06. The van der Waals surface area contributed by atoms with E-state index in [4.69, 9.17) is 10.00 Å². The molecule has 0 amide bonds. The number of para-hydroxylation sites is 1. The lowest BCUT2D eigenvalue weighted by molar-refractivity contribution is 0.192. The quantitative estimate of drug-likeness (QED) is 0.760. The van der Waals surface area contributed by atoms with Crippen molar-refractivity contribution in [1.82, 2.24) is 4.90 Å².